The average Bonchev–Trinajstić information content (AvgIpc) is 2.27. The molecule has 3 nitrogen and oxygen atoms in total. The van der Waals surface area contributed by atoms with Gasteiger partial charge in [-0.15, -0.1) is 12.4 Å². The first-order chi connectivity index (χ1) is 7.59. The Bertz CT molecular complexity index is 581. The van der Waals surface area contributed by atoms with Crippen LogP contribution < -0.4 is 4.90 Å². The first-order valence-corrected chi connectivity index (χ1v) is 6.10. The summed E-state index contributed by atoms with van der Waals surface area (Å²) in [5, 5.41) is 0. The van der Waals surface area contributed by atoms with E-state index in [1.54, 1.807) is 0 Å². The SMILES string of the molecule is CN(C)c1ccc2c(c1)C=CCC2=S(=O)=O.Cl. The van der Waals surface area contributed by atoms with Crippen molar-refractivity contribution in [1.29, 1.82) is 0 Å². The number of rotatable bonds is 1. The monoisotopic (exact) mass is 271 g/mol. The van der Waals surface area contributed by atoms with Crippen LogP contribution in [0, 0.1) is 0 Å². The summed E-state index contributed by atoms with van der Waals surface area (Å²) in [6, 6.07) is 5.81. The molecule has 1 aliphatic carbocycles. The van der Waals surface area contributed by atoms with Crippen LogP contribution in [0.1, 0.15) is 17.5 Å². The highest BCUT2D eigenvalue weighted by atomic mass is 35.5. The average molecular weight is 272 g/mol. The molecule has 0 amide bonds. The second kappa shape index (κ2) is 5.38. The summed E-state index contributed by atoms with van der Waals surface area (Å²) in [7, 11) is 1.80. The summed E-state index contributed by atoms with van der Waals surface area (Å²) in [6.45, 7) is 0. The molecule has 0 saturated heterocycles. The van der Waals surface area contributed by atoms with Crippen molar-refractivity contribution < 1.29 is 8.42 Å². The third-order valence-corrected chi connectivity index (χ3v) is 3.44. The molecule has 92 valence electrons. The van der Waals surface area contributed by atoms with E-state index in [1.165, 1.54) is 0 Å². The van der Waals surface area contributed by atoms with E-state index in [2.05, 4.69) is 0 Å². The third-order valence-electron chi connectivity index (χ3n) is 2.65. The van der Waals surface area contributed by atoms with Gasteiger partial charge < -0.3 is 4.90 Å². The van der Waals surface area contributed by atoms with Gasteiger partial charge in [0.05, 0.1) is 4.86 Å². The highest BCUT2D eigenvalue weighted by molar-refractivity contribution is 7.73. The molecule has 0 aliphatic heterocycles. The van der Waals surface area contributed by atoms with Crippen molar-refractivity contribution in [2.24, 2.45) is 0 Å². The van der Waals surface area contributed by atoms with Gasteiger partial charge in [-0.3, -0.25) is 0 Å². The number of allylic oxidation sites excluding steroid dienone is 1. The molecule has 0 radical (unpaired) electrons. The molecule has 2 rings (SSSR count). The maximum absolute atomic E-state index is 11.1. The summed E-state index contributed by atoms with van der Waals surface area (Å²) in [6.07, 6.45) is 4.34. The molecule has 0 bridgehead atoms. The molecule has 5 heteroatoms. The first kappa shape index (κ1) is 13.8. The molecule has 1 aromatic rings. The van der Waals surface area contributed by atoms with E-state index in [1.807, 2.05) is 49.3 Å². The van der Waals surface area contributed by atoms with Crippen LogP contribution >= 0.6 is 12.4 Å². The van der Waals surface area contributed by atoms with Crippen molar-refractivity contribution in [2.45, 2.75) is 6.42 Å². The van der Waals surface area contributed by atoms with Crippen LogP contribution in [0.3, 0.4) is 0 Å². The largest absolute Gasteiger partial charge is 0.378 e. The van der Waals surface area contributed by atoms with E-state index in [-0.39, 0.29) is 12.4 Å². The smallest absolute Gasteiger partial charge is 0.218 e. The Labute approximate surface area is 109 Å². The van der Waals surface area contributed by atoms with Gasteiger partial charge in [-0.2, -0.15) is 8.42 Å². The number of benzene rings is 1. The Balaban J connectivity index is 0.00000144. The summed E-state index contributed by atoms with van der Waals surface area (Å²) in [5.74, 6) is 0. The van der Waals surface area contributed by atoms with Crippen LogP contribution in [0.25, 0.3) is 6.08 Å². The fourth-order valence-electron chi connectivity index (χ4n) is 1.78. The minimum Gasteiger partial charge on any atom is -0.378 e. The van der Waals surface area contributed by atoms with E-state index in [9.17, 15) is 8.42 Å². The van der Waals surface area contributed by atoms with Crippen LogP contribution in [-0.2, 0) is 10.3 Å². The summed E-state index contributed by atoms with van der Waals surface area (Å²) < 4.78 is 22.1. The van der Waals surface area contributed by atoms with Crippen LogP contribution in [0.15, 0.2) is 24.3 Å². The topological polar surface area (TPSA) is 37.4 Å². The molecule has 1 aliphatic rings. The Hall–Kier alpha value is -1.26. The first-order valence-electron chi connectivity index (χ1n) is 5.03. The number of hydrogen-bond donors (Lipinski definition) is 0. The van der Waals surface area contributed by atoms with Gasteiger partial charge in [-0.05, 0) is 17.7 Å². The number of halogens is 1. The second-order valence-corrected chi connectivity index (χ2v) is 4.89. The van der Waals surface area contributed by atoms with Gasteiger partial charge in [0.1, 0.15) is 0 Å². The maximum Gasteiger partial charge on any atom is 0.218 e. The molecule has 0 saturated carbocycles. The normalized spacial score (nSPS) is 12.7. The molecule has 0 unspecified atom stereocenters. The standard InChI is InChI=1S/C12H13NO2S.ClH/c1-13(2)10-6-7-11-9(8-10)4-3-5-12(11)16(14)15;/h3-4,6-8H,5H2,1-2H3;1H. The number of anilines is 1. The van der Waals surface area contributed by atoms with Gasteiger partial charge in [0, 0.05) is 31.8 Å². The lowest BCUT2D eigenvalue weighted by Crippen LogP contribution is -2.11. The van der Waals surface area contributed by atoms with E-state index in [0.717, 1.165) is 16.8 Å². The van der Waals surface area contributed by atoms with E-state index in [4.69, 9.17) is 0 Å². The maximum atomic E-state index is 11.1. The van der Waals surface area contributed by atoms with Gasteiger partial charge in [0.2, 0.25) is 10.3 Å². The van der Waals surface area contributed by atoms with Crippen molar-refractivity contribution in [3.63, 3.8) is 0 Å². The zero-order valence-electron chi connectivity index (χ0n) is 9.67. The number of fused-ring (bicyclic) bond motifs is 1. The Morgan fingerprint density at radius 2 is 1.94 bits per heavy atom. The molecule has 0 spiro atoms. The molecule has 0 heterocycles. The highest BCUT2D eigenvalue weighted by Crippen LogP contribution is 2.24. The molecule has 1 aromatic carbocycles. The Kier molecular flexibility index (Phi) is 4.37. The lowest BCUT2D eigenvalue weighted by molar-refractivity contribution is 0.627. The number of hydrogen-bond acceptors (Lipinski definition) is 3. The van der Waals surface area contributed by atoms with Crippen LogP contribution in [-0.4, -0.2) is 27.4 Å². The molecule has 17 heavy (non-hydrogen) atoms. The lowest BCUT2D eigenvalue weighted by atomic mass is 9.96. The molecular weight excluding hydrogens is 258 g/mol. The zero-order valence-corrected chi connectivity index (χ0v) is 11.3. The Morgan fingerprint density at radius 3 is 2.53 bits per heavy atom. The van der Waals surface area contributed by atoms with Gasteiger partial charge in [0.15, 0.2) is 0 Å². The van der Waals surface area contributed by atoms with Crippen LogP contribution in [0.4, 0.5) is 5.69 Å². The predicted molar refractivity (Wildman–Crippen MR) is 74.7 cm³/mol. The van der Waals surface area contributed by atoms with Crippen LogP contribution in [0.2, 0.25) is 0 Å². The van der Waals surface area contributed by atoms with Crippen molar-refractivity contribution >= 4 is 39.3 Å². The minimum absolute atomic E-state index is 0. The minimum atomic E-state index is -2.13. The van der Waals surface area contributed by atoms with E-state index >= 15 is 0 Å². The van der Waals surface area contributed by atoms with Crippen LogP contribution in [0.5, 0.6) is 0 Å². The summed E-state index contributed by atoms with van der Waals surface area (Å²) in [5.41, 5.74) is 2.86. The summed E-state index contributed by atoms with van der Waals surface area (Å²) >= 11 is 0. The van der Waals surface area contributed by atoms with E-state index < -0.39 is 10.3 Å². The molecule has 0 atom stereocenters. The lowest BCUT2D eigenvalue weighted by Gasteiger charge is -2.17. The van der Waals surface area contributed by atoms with E-state index in [0.29, 0.717) is 11.3 Å². The highest BCUT2D eigenvalue weighted by Gasteiger charge is 2.13. The fourth-order valence-corrected chi connectivity index (χ4v) is 2.38. The molecule has 0 fully saturated rings. The Morgan fingerprint density at radius 1 is 1.24 bits per heavy atom. The molecular formula is C12H14ClNO2S. The third kappa shape index (κ3) is 2.70. The molecule has 0 N–H and O–H groups in total. The number of nitrogens with zero attached hydrogens (tertiary/aromatic N) is 1. The predicted octanol–water partition coefficient (Wildman–Crippen LogP) is 1.99. The summed E-state index contributed by atoms with van der Waals surface area (Å²) in [4.78, 5) is 2.47. The van der Waals surface area contributed by atoms with Gasteiger partial charge in [-0.25, -0.2) is 0 Å². The van der Waals surface area contributed by atoms with Crippen molar-refractivity contribution in [3.05, 3.63) is 35.4 Å². The fraction of sp³-hybridized carbons (Fsp3) is 0.250. The van der Waals surface area contributed by atoms with Gasteiger partial charge in [-0.1, -0.05) is 18.2 Å². The van der Waals surface area contributed by atoms with Crippen molar-refractivity contribution in [3.8, 4) is 0 Å². The van der Waals surface area contributed by atoms with Gasteiger partial charge >= 0.3 is 0 Å². The van der Waals surface area contributed by atoms with Crippen molar-refractivity contribution in [1.82, 2.24) is 0 Å². The zero-order chi connectivity index (χ0) is 11.7. The quantitative estimate of drug-likeness (QED) is 0.733. The second-order valence-electron chi connectivity index (χ2n) is 3.93. The van der Waals surface area contributed by atoms with Gasteiger partial charge in [0.25, 0.3) is 0 Å². The van der Waals surface area contributed by atoms with Crippen molar-refractivity contribution in [2.75, 3.05) is 19.0 Å². The molecule has 0 aromatic heterocycles.